The Morgan fingerprint density at radius 1 is 1.20 bits per heavy atom. The van der Waals surface area contributed by atoms with E-state index in [9.17, 15) is 0 Å². The number of ether oxygens (including phenoxy) is 2. The molecule has 104 valence electrons. The van der Waals surface area contributed by atoms with Crippen molar-refractivity contribution in [2.45, 2.75) is 6.61 Å². The summed E-state index contributed by atoms with van der Waals surface area (Å²) in [4.78, 5) is 0. The molecule has 0 saturated heterocycles. The summed E-state index contributed by atoms with van der Waals surface area (Å²) in [5.74, 6) is 1.43. The molecule has 0 aliphatic rings. The molecule has 2 rings (SSSR count). The SMILES string of the molecule is COCc1cccc(Oc2ccc(C(=N)N)c(Br)c2)c1. The van der Waals surface area contributed by atoms with Crippen LogP contribution >= 0.6 is 15.9 Å². The second-order valence-corrected chi connectivity index (χ2v) is 5.09. The van der Waals surface area contributed by atoms with E-state index in [-0.39, 0.29) is 5.84 Å². The van der Waals surface area contributed by atoms with E-state index in [1.807, 2.05) is 24.3 Å². The maximum Gasteiger partial charge on any atom is 0.128 e. The fraction of sp³-hybridized carbons (Fsp3) is 0.133. The van der Waals surface area contributed by atoms with Gasteiger partial charge in [-0.05, 0) is 51.8 Å². The van der Waals surface area contributed by atoms with Crippen LogP contribution in [0.1, 0.15) is 11.1 Å². The second-order valence-electron chi connectivity index (χ2n) is 4.24. The fourth-order valence-electron chi connectivity index (χ4n) is 1.78. The van der Waals surface area contributed by atoms with Gasteiger partial charge in [0.1, 0.15) is 17.3 Å². The maximum atomic E-state index is 7.44. The smallest absolute Gasteiger partial charge is 0.128 e. The predicted molar refractivity (Wildman–Crippen MR) is 82.4 cm³/mol. The van der Waals surface area contributed by atoms with Crippen molar-refractivity contribution in [3.8, 4) is 11.5 Å². The lowest BCUT2D eigenvalue weighted by Gasteiger charge is -2.09. The van der Waals surface area contributed by atoms with Crippen LogP contribution in [-0.2, 0) is 11.3 Å². The van der Waals surface area contributed by atoms with Crippen LogP contribution in [0.5, 0.6) is 11.5 Å². The van der Waals surface area contributed by atoms with Gasteiger partial charge in [0.15, 0.2) is 0 Å². The number of hydrogen-bond acceptors (Lipinski definition) is 3. The highest BCUT2D eigenvalue weighted by Gasteiger charge is 2.06. The number of nitrogen functional groups attached to an aromatic ring is 1. The van der Waals surface area contributed by atoms with Gasteiger partial charge >= 0.3 is 0 Å². The Morgan fingerprint density at radius 3 is 2.60 bits per heavy atom. The summed E-state index contributed by atoms with van der Waals surface area (Å²) in [7, 11) is 1.66. The molecular weight excluding hydrogens is 320 g/mol. The molecule has 0 radical (unpaired) electrons. The van der Waals surface area contributed by atoms with E-state index < -0.39 is 0 Å². The topological polar surface area (TPSA) is 68.3 Å². The van der Waals surface area contributed by atoms with Crippen LogP contribution in [-0.4, -0.2) is 12.9 Å². The van der Waals surface area contributed by atoms with Crippen LogP contribution in [0, 0.1) is 5.41 Å². The van der Waals surface area contributed by atoms with Gasteiger partial charge < -0.3 is 15.2 Å². The van der Waals surface area contributed by atoms with Crippen molar-refractivity contribution < 1.29 is 9.47 Å². The zero-order valence-electron chi connectivity index (χ0n) is 11.0. The summed E-state index contributed by atoms with van der Waals surface area (Å²) in [5, 5.41) is 7.44. The Hall–Kier alpha value is -1.85. The average Bonchev–Trinajstić information content (AvgIpc) is 2.39. The van der Waals surface area contributed by atoms with Crippen molar-refractivity contribution in [2.24, 2.45) is 5.73 Å². The molecule has 0 aliphatic carbocycles. The first-order valence-corrected chi connectivity index (χ1v) is 6.79. The minimum absolute atomic E-state index is 0.0190. The van der Waals surface area contributed by atoms with Gasteiger partial charge in [-0.25, -0.2) is 0 Å². The van der Waals surface area contributed by atoms with Gasteiger partial charge in [0, 0.05) is 17.1 Å². The Kier molecular flexibility index (Phi) is 4.76. The lowest BCUT2D eigenvalue weighted by Crippen LogP contribution is -2.11. The largest absolute Gasteiger partial charge is 0.457 e. The van der Waals surface area contributed by atoms with Crippen molar-refractivity contribution in [2.75, 3.05) is 7.11 Å². The summed E-state index contributed by atoms with van der Waals surface area (Å²) in [6.07, 6.45) is 0. The molecule has 2 aromatic carbocycles. The number of methoxy groups -OCH3 is 1. The van der Waals surface area contributed by atoms with E-state index in [1.165, 1.54) is 0 Å². The molecule has 3 N–H and O–H groups in total. The molecule has 0 amide bonds. The summed E-state index contributed by atoms with van der Waals surface area (Å²) in [5.41, 5.74) is 7.16. The number of nitrogens with two attached hydrogens (primary N) is 1. The van der Waals surface area contributed by atoms with Crippen LogP contribution < -0.4 is 10.5 Å². The molecule has 2 aromatic rings. The quantitative estimate of drug-likeness (QED) is 0.647. The van der Waals surface area contributed by atoms with Gasteiger partial charge in [-0.3, -0.25) is 5.41 Å². The molecule has 0 spiro atoms. The number of nitrogens with one attached hydrogen (secondary N) is 1. The molecule has 0 heterocycles. The highest BCUT2D eigenvalue weighted by atomic mass is 79.9. The Morgan fingerprint density at radius 2 is 1.95 bits per heavy atom. The van der Waals surface area contributed by atoms with E-state index in [2.05, 4.69) is 15.9 Å². The Bertz CT molecular complexity index is 629. The summed E-state index contributed by atoms with van der Waals surface area (Å²) in [6, 6.07) is 13.0. The lowest BCUT2D eigenvalue weighted by molar-refractivity contribution is 0.184. The van der Waals surface area contributed by atoms with Crippen molar-refractivity contribution in [1.29, 1.82) is 5.41 Å². The molecule has 0 fully saturated rings. The number of halogens is 1. The normalized spacial score (nSPS) is 10.3. The van der Waals surface area contributed by atoms with Gasteiger partial charge in [-0.15, -0.1) is 0 Å². The molecule has 5 heteroatoms. The van der Waals surface area contributed by atoms with E-state index in [1.54, 1.807) is 25.3 Å². The fourth-order valence-corrected chi connectivity index (χ4v) is 2.35. The molecule has 0 atom stereocenters. The monoisotopic (exact) mass is 334 g/mol. The van der Waals surface area contributed by atoms with Crippen LogP contribution in [0.4, 0.5) is 0 Å². The molecule has 0 aromatic heterocycles. The standard InChI is InChI=1S/C15H15BrN2O2/c1-19-9-10-3-2-4-11(7-10)20-12-5-6-13(15(17)18)14(16)8-12/h2-8H,9H2,1H3,(H3,17,18). The minimum Gasteiger partial charge on any atom is -0.457 e. The number of rotatable bonds is 5. The van der Waals surface area contributed by atoms with Gasteiger partial charge in [0.05, 0.1) is 6.61 Å². The Labute approximate surface area is 126 Å². The third-order valence-electron chi connectivity index (χ3n) is 2.68. The number of benzene rings is 2. The zero-order chi connectivity index (χ0) is 14.5. The second kappa shape index (κ2) is 6.54. The molecule has 0 saturated carbocycles. The molecule has 4 nitrogen and oxygen atoms in total. The first kappa shape index (κ1) is 14.6. The van der Waals surface area contributed by atoms with Gasteiger partial charge in [0.25, 0.3) is 0 Å². The van der Waals surface area contributed by atoms with E-state index in [4.69, 9.17) is 20.6 Å². The average molecular weight is 335 g/mol. The van der Waals surface area contributed by atoms with Crippen LogP contribution in [0.25, 0.3) is 0 Å². The van der Waals surface area contributed by atoms with Gasteiger partial charge in [-0.1, -0.05) is 12.1 Å². The lowest BCUT2D eigenvalue weighted by atomic mass is 10.2. The molecular formula is C15H15BrN2O2. The third-order valence-corrected chi connectivity index (χ3v) is 3.33. The highest BCUT2D eigenvalue weighted by molar-refractivity contribution is 9.10. The van der Waals surface area contributed by atoms with Crippen LogP contribution in [0.15, 0.2) is 46.9 Å². The first-order valence-electron chi connectivity index (χ1n) is 6.00. The van der Waals surface area contributed by atoms with Crippen molar-refractivity contribution in [3.05, 3.63) is 58.1 Å². The number of hydrogen-bond donors (Lipinski definition) is 2. The molecule has 20 heavy (non-hydrogen) atoms. The van der Waals surface area contributed by atoms with Crippen LogP contribution in [0.2, 0.25) is 0 Å². The van der Waals surface area contributed by atoms with Crippen molar-refractivity contribution in [3.63, 3.8) is 0 Å². The van der Waals surface area contributed by atoms with E-state index in [0.29, 0.717) is 17.9 Å². The van der Waals surface area contributed by atoms with E-state index in [0.717, 1.165) is 15.8 Å². The maximum absolute atomic E-state index is 7.44. The molecule has 0 unspecified atom stereocenters. The summed E-state index contributed by atoms with van der Waals surface area (Å²) >= 11 is 3.38. The predicted octanol–water partition coefficient (Wildman–Crippen LogP) is 3.67. The number of amidine groups is 1. The Balaban J connectivity index is 2.19. The minimum atomic E-state index is 0.0190. The highest BCUT2D eigenvalue weighted by Crippen LogP contribution is 2.27. The van der Waals surface area contributed by atoms with Gasteiger partial charge in [-0.2, -0.15) is 0 Å². The first-order chi connectivity index (χ1) is 9.60. The van der Waals surface area contributed by atoms with Gasteiger partial charge in [0.2, 0.25) is 0 Å². The zero-order valence-corrected chi connectivity index (χ0v) is 12.6. The van der Waals surface area contributed by atoms with E-state index >= 15 is 0 Å². The van der Waals surface area contributed by atoms with Crippen LogP contribution in [0.3, 0.4) is 0 Å². The summed E-state index contributed by atoms with van der Waals surface area (Å²) < 4.78 is 11.6. The third kappa shape index (κ3) is 3.59. The van der Waals surface area contributed by atoms with Crippen molar-refractivity contribution in [1.82, 2.24) is 0 Å². The summed E-state index contributed by atoms with van der Waals surface area (Å²) in [6.45, 7) is 0.546. The molecule has 0 aliphatic heterocycles. The molecule has 0 bridgehead atoms. The van der Waals surface area contributed by atoms with Crippen molar-refractivity contribution >= 4 is 21.8 Å².